The van der Waals surface area contributed by atoms with Crippen molar-refractivity contribution < 1.29 is 26.3 Å². The van der Waals surface area contributed by atoms with E-state index in [2.05, 4.69) is 0 Å². The molecule has 0 amide bonds. The lowest BCUT2D eigenvalue weighted by Gasteiger charge is -2.32. The van der Waals surface area contributed by atoms with Gasteiger partial charge in [-0.25, -0.2) is 4.39 Å². The van der Waals surface area contributed by atoms with Crippen LogP contribution in [0.5, 0.6) is 0 Å². The Bertz CT molecular complexity index is 412. The zero-order chi connectivity index (χ0) is 14.4. The fraction of sp³-hybridized carbons (Fsp3) is 0.455. The summed E-state index contributed by atoms with van der Waals surface area (Å²) in [6.07, 6.45) is -5.74. The van der Waals surface area contributed by atoms with E-state index in [0.717, 1.165) is 12.1 Å². The van der Waals surface area contributed by atoms with Gasteiger partial charge < -0.3 is 0 Å². The fourth-order valence-corrected chi connectivity index (χ4v) is 2.12. The molecule has 1 rings (SSSR count). The molecule has 0 aliphatic carbocycles. The van der Waals surface area contributed by atoms with E-state index in [9.17, 15) is 26.3 Å². The highest BCUT2D eigenvalue weighted by molar-refractivity contribution is 9.10. The van der Waals surface area contributed by atoms with Crippen molar-refractivity contribution in [1.82, 2.24) is 0 Å². The maximum atomic E-state index is 14.0. The van der Waals surface area contributed by atoms with Gasteiger partial charge in [0, 0.05) is 5.56 Å². The lowest BCUT2D eigenvalue weighted by molar-refractivity contribution is -0.282. The van der Waals surface area contributed by atoms with Crippen LogP contribution in [0.4, 0.5) is 26.3 Å². The fourth-order valence-electron chi connectivity index (χ4n) is 1.66. The van der Waals surface area contributed by atoms with Crippen LogP contribution in [0.1, 0.15) is 16.7 Å². The summed E-state index contributed by atoms with van der Waals surface area (Å²) in [4.78, 5) is -4.75. The minimum absolute atomic E-state index is 0.271. The van der Waals surface area contributed by atoms with Gasteiger partial charge in [0.05, 0.1) is 0 Å². The SMILES string of the molecule is Cc1cc(C)cc(C(F)(C(F)(F)F)C(F)(F)Br)c1. The average molecular weight is 335 g/mol. The Morgan fingerprint density at radius 3 is 1.50 bits per heavy atom. The van der Waals surface area contributed by atoms with Crippen molar-refractivity contribution in [1.29, 1.82) is 0 Å². The van der Waals surface area contributed by atoms with E-state index in [-0.39, 0.29) is 11.1 Å². The summed E-state index contributed by atoms with van der Waals surface area (Å²) in [5, 5.41) is 0. The zero-order valence-electron chi connectivity index (χ0n) is 9.38. The largest absolute Gasteiger partial charge is 0.433 e. The topological polar surface area (TPSA) is 0 Å². The number of hydrogen-bond donors (Lipinski definition) is 0. The van der Waals surface area contributed by atoms with Crippen LogP contribution in [0.2, 0.25) is 0 Å². The van der Waals surface area contributed by atoms with E-state index in [1.54, 1.807) is 0 Å². The van der Waals surface area contributed by atoms with Gasteiger partial charge in [0.15, 0.2) is 0 Å². The summed E-state index contributed by atoms with van der Waals surface area (Å²) in [5.41, 5.74) is -5.34. The predicted molar refractivity (Wildman–Crippen MR) is 58.6 cm³/mol. The van der Waals surface area contributed by atoms with Gasteiger partial charge in [-0.15, -0.1) is 0 Å². The standard InChI is InChI=1S/C11H9BrF6/c1-6-3-7(2)5-8(4-6)9(13,10(12,14)15)11(16,17)18/h3-5H,1-2H3. The van der Waals surface area contributed by atoms with Crippen LogP contribution >= 0.6 is 15.9 Å². The lowest BCUT2D eigenvalue weighted by Crippen LogP contribution is -2.49. The predicted octanol–water partition coefficient (Wildman–Crippen LogP) is 5.02. The summed E-state index contributed by atoms with van der Waals surface area (Å²) in [7, 11) is 0. The first-order valence-electron chi connectivity index (χ1n) is 4.80. The molecule has 7 heteroatoms. The molecule has 0 nitrogen and oxygen atoms in total. The molecule has 0 aromatic heterocycles. The quantitative estimate of drug-likeness (QED) is 0.526. The van der Waals surface area contributed by atoms with Crippen LogP contribution in [0, 0.1) is 13.8 Å². The smallest absolute Gasteiger partial charge is 0.221 e. The van der Waals surface area contributed by atoms with E-state index in [1.807, 2.05) is 0 Å². The molecule has 1 atom stereocenters. The second kappa shape index (κ2) is 4.43. The molecule has 0 aliphatic heterocycles. The molecule has 0 saturated carbocycles. The number of benzene rings is 1. The minimum atomic E-state index is -5.74. The molecule has 0 bridgehead atoms. The lowest BCUT2D eigenvalue weighted by atomic mass is 9.92. The number of alkyl halides is 7. The van der Waals surface area contributed by atoms with Crippen LogP contribution in [-0.4, -0.2) is 11.0 Å². The van der Waals surface area contributed by atoms with Gasteiger partial charge in [-0.3, -0.25) is 0 Å². The van der Waals surface area contributed by atoms with E-state index in [4.69, 9.17) is 0 Å². The van der Waals surface area contributed by atoms with E-state index in [1.165, 1.54) is 35.8 Å². The Morgan fingerprint density at radius 2 is 1.22 bits per heavy atom. The molecular weight excluding hydrogens is 326 g/mol. The molecule has 1 aromatic rings. The van der Waals surface area contributed by atoms with Gasteiger partial charge in [-0.2, -0.15) is 22.0 Å². The van der Waals surface area contributed by atoms with Crippen LogP contribution in [0.15, 0.2) is 18.2 Å². The van der Waals surface area contributed by atoms with E-state index >= 15 is 0 Å². The highest BCUT2D eigenvalue weighted by Crippen LogP contribution is 2.55. The van der Waals surface area contributed by atoms with Crippen molar-refractivity contribution in [2.24, 2.45) is 0 Å². The van der Waals surface area contributed by atoms with E-state index < -0.39 is 22.2 Å². The third-order valence-corrected chi connectivity index (χ3v) is 2.95. The van der Waals surface area contributed by atoms with Crippen molar-refractivity contribution in [2.45, 2.75) is 30.5 Å². The van der Waals surface area contributed by atoms with Crippen LogP contribution in [0.25, 0.3) is 0 Å². The van der Waals surface area contributed by atoms with Crippen LogP contribution < -0.4 is 0 Å². The maximum Gasteiger partial charge on any atom is 0.433 e. The summed E-state index contributed by atoms with van der Waals surface area (Å²) in [5.74, 6) is 0. The Morgan fingerprint density at radius 1 is 0.833 bits per heavy atom. The maximum absolute atomic E-state index is 14.0. The molecule has 18 heavy (non-hydrogen) atoms. The zero-order valence-corrected chi connectivity index (χ0v) is 11.0. The van der Waals surface area contributed by atoms with Gasteiger partial charge in [0.1, 0.15) is 0 Å². The van der Waals surface area contributed by atoms with Crippen LogP contribution in [-0.2, 0) is 5.67 Å². The molecular formula is C11H9BrF6. The molecule has 0 saturated heterocycles. The molecule has 0 heterocycles. The third-order valence-electron chi connectivity index (χ3n) is 2.40. The van der Waals surface area contributed by atoms with Gasteiger partial charge >= 0.3 is 16.7 Å². The van der Waals surface area contributed by atoms with Gasteiger partial charge in [0.25, 0.3) is 0 Å². The number of aryl methyl sites for hydroxylation is 2. The first-order chi connectivity index (χ1) is 7.89. The Balaban J connectivity index is 3.55. The highest BCUT2D eigenvalue weighted by atomic mass is 79.9. The minimum Gasteiger partial charge on any atom is -0.221 e. The molecule has 0 spiro atoms. The summed E-state index contributed by atoms with van der Waals surface area (Å²) in [6, 6.07) is 2.98. The average Bonchev–Trinajstić information content (AvgIpc) is 2.11. The Kier molecular flexibility index (Phi) is 3.78. The van der Waals surface area contributed by atoms with Crippen molar-refractivity contribution in [2.75, 3.05) is 0 Å². The number of halogens is 7. The normalized spacial score (nSPS) is 16.5. The van der Waals surface area contributed by atoms with Crippen molar-refractivity contribution >= 4 is 15.9 Å². The number of rotatable bonds is 2. The molecule has 102 valence electrons. The van der Waals surface area contributed by atoms with Gasteiger partial charge in [-0.1, -0.05) is 29.3 Å². The molecule has 1 unspecified atom stereocenters. The highest BCUT2D eigenvalue weighted by Gasteiger charge is 2.71. The van der Waals surface area contributed by atoms with E-state index in [0.29, 0.717) is 0 Å². The molecule has 0 aliphatic rings. The first-order valence-corrected chi connectivity index (χ1v) is 5.60. The first kappa shape index (κ1) is 15.3. The van der Waals surface area contributed by atoms with Crippen molar-refractivity contribution in [3.05, 3.63) is 34.9 Å². The second-order valence-electron chi connectivity index (χ2n) is 4.03. The Labute approximate surface area is 108 Å². The monoisotopic (exact) mass is 334 g/mol. The van der Waals surface area contributed by atoms with Crippen molar-refractivity contribution in [3.8, 4) is 0 Å². The summed E-state index contributed by atoms with van der Waals surface area (Å²) in [6.45, 7) is 2.80. The molecule has 0 N–H and O–H groups in total. The summed E-state index contributed by atoms with van der Waals surface area (Å²) >= 11 is 1.49. The molecule has 0 radical (unpaired) electrons. The summed E-state index contributed by atoms with van der Waals surface area (Å²) < 4.78 is 78.0. The molecule has 1 aromatic carbocycles. The molecule has 0 fully saturated rings. The Hall–Kier alpha value is -0.720. The van der Waals surface area contributed by atoms with Gasteiger partial charge in [0.2, 0.25) is 0 Å². The second-order valence-corrected chi connectivity index (χ2v) is 5.03. The third kappa shape index (κ3) is 2.50. The van der Waals surface area contributed by atoms with Gasteiger partial charge in [-0.05, 0) is 29.8 Å². The number of hydrogen-bond acceptors (Lipinski definition) is 0. The van der Waals surface area contributed by atoms with Crippen LogP contribution in [0.3, 0.4) is 0 Å². The van der Waals surface area contributed by atoms with Crippen molar-refractivity contribution in [3.63, 3.8) is 0 Å².